The number of benzene rings is 7. The van der Waals surface area contributed by atoms with Crippen LogP contribution in [-0.2, 0) is 0 Å². The summed E-state index contributed by atoms with van der Waals surface area (Å²) in [5.41, 5.74) is 13.8. The van der Waals surface area contributed by atoms with Crippen molar-refractivity contribution in [3.05, 3.63) is 187 Å². The topological polar surface area (TPSA) is 86.9 Å². The molecule has 6 heteroatoms. The van der Waals surface area contributed by atoms with Crippen molar-refractivity contribution in [2.45, 2.75) is 0 Å². The van der Waals surface area contributed by atoms with Crippen LogP contribution in [0.25, 0.3) is 73.3 Å². The lowest BCUT2D eigenvalue weighted by molar-refractivity contribution is 1.07. The predicted octanol–water partition coefficient (Wildman–Crippen LogP) is 11.2. The fourth-order valence-corrected chi connectivity index (χ4v) is 6.72. The number of rotatable bonds is 7. The Morgan fingerprint density at radius 3 is 1.58 bits per heavy atom. The molecule has 0 saturated heterocycles. The highest BCUT2D eigenvalue weighted by molar-refractivity contribution is 6.55. The number of para-hydroxylation sites is 1. The van der Waals surface area contributed by atoms with Gasteiger partial charge >= 0.3 is 0 Å². The molecule has 0 radical (unpaired) electrons. The molecule has 1 aromatic heterocycles. The van der Waals surface area contributed by atoms with Gasteiger partial charge in [-0.1, -0.05) is 140 Å². The summed E-state index contributed by atoms with van der Waals surface area (Å²) >= 11 is 0. The molecule has 250 valence electrons. The lowest BCUT2D eigenvalue weighted by Crippen LogP contribution is -2.18. The summed E-state index contributed by atoms with van der Waals surface area (Å²) in [4.78, 5) is 15.2. The number of hydrazone groups is 1. The first-order chi connectivity index (χ1) is 26.2. The number of hydrogen-bond acceptors (Lipinski definition) is 6. The monoisotopic (exact) mass is 680 g/mol. The van der Waals surface area contributed by atoms with Crippen molar-refractivity contribution in [2.75, 3.05) is 5.43 Å². The largest absolute Gasteiger partial charge is 0.298 e. The molecule has 0 saturated carbocycles. The molecule has 0 aliphatic heterocycles. The number of aromatic nitrogens is 3. The number of hydrogen-bond donors (Lipinski definition) is 2. The van der Waals surface area contributed by atoms with E-state index in [1.807, 2.05) is 91.0 Å². The first kappa shape index (κ1) is 31.7. The van der Waals surface area contributed by atoms with Crippen molar-refractivity contribution in [1.29, 1.82) is 5.41 Å². The minimum absolute atomic E-state index is 0.366. The van der Waals surface area contributed by atoms with Crippen LogP contribution < -0.4 is 5.43 Å². The molecule has 9 rings (SSSR count). The van der Waals surface area contributed by atoms with Crippen molar-refractivity contribution >= 4 is 34.0 Å². The summed E-state index contributed by atoms with van der Waals surface area (Å²) in [5, 5.41) is 15.7. The molecule has 1 aliphatic rings. The molecule has 0 spiro atoms. The second-order valence-corrected chi connectivity index (χ2v) is 12.9. The average Bonchev–Trinajstić information content (AvgIpc) is 3.24. The van der Waals surface area contributed by atoms with Crippen molar-refractivity contribution in [3.63, 3.8) is 0 Å². The Hall–Kier alpha value is -7.31. The van der Waals surface area contributed by atoms with E-state index in [2.05, 4.69) is 102 Å². The molecule has 8 aromatic rings. The standard InChI is InChI=1S/C47H32N6/c48-44-42(53-52-40-19-11-4-12-20-40)26-24-33-21-22-35-27-36(23-25-41(35)43(33)44)46-49-45(34-17-9-3-10-18-34)50-47(51-46)39-29-37(31-13-5-1-6-14-31)28-38(30-39)32-15-7-2-8-16-32/h1-30,48,52H/b48-44?,53-42-. The van der Waals surface area contributed by atoms with Gasteiger partial charge in [0.05, 0.1) is 11.4 Å². The van der Waals surface area contributed by atoms with Crippen LogP contribution in [0.4, 0.5) is 5.69 Å². The van der Waals surface area contributed by atoms with Crippen LogP contribution in [0.5, 0.6) is 0 Å². The minimum Gasteiger partial charge on any atom is -0.298 e. The van der Waals surface area contributed by atoms with Gasteiger partial charge in [0.2, 0.25) is 0 Å². The van der Waals surface area contributed by atoms with Crippen LogP contribution in [0.2, 0.25) is 0 Å². The molecule has 53 heavy (non-hydrogen) atoms. The molecule has 0 atom stereocenters. The van der Waals surface area contributed by atoms with Crippen LogP contribution >= 0.6 is 0 Å². The summed E-state index contributed by atoms with van der Waals surface area (Å²) < 4.78 is 0. The maximum atomic E-state index is 9.14. The summed E-state index contributed by atoms with van der Waals surface area (Å²) in [6.07, 6.45) is 3.90. The van der Waals surface area contributed by atoms with Crippen molar-refractivity contribution in [3.8, 4) is 56.4 Å². The molecule has 0 amide bonds. The van der Waals surface area contributed by atoms with Crippen LogP contribution in [0.1, 0.15) is 11.1 Å². The van der Waals surface area contributed by atoms with Crippen molar-refractivity contribution < 1.29 is 0 Å². The SMILES string of the molecule is N=C1/C(=N\Nc2ccccc2)C=Cc2ccc3cc(-c4nc(-c5ccccc5)nc(-c5cc(-c6ccccc6)cc(-c6ccccc6)c5)n4)ccc3c21. The van der Waals surface area contributed by atoms with Crippen molar-refractivity contribution in [2.24, 2.45) is 5.10 Å². The molecule has 0 fully saturated rings. The number of nitrogens with zero attached hydrogens (tertiary/aromatic N) is 4. The summed E-state index contributed by atoms with van der Waals surface area (Å²) in [6, 6.07) is 57.5. The van der Waals surface area contributed by atoms with E-state index in [0.29, 0.717) is 28.9 Å². The zero-order valence-corrected chi connectivity index (χ0v) is 28.6. The second kappa shape index (κ2) is 13.8. The van der Waals surface area contributed by atoms with Gasteiger partial charge in [0.1, 0.15) is 5.71 Å². The molecule has 0 bridgehead atoms. The quantitative estimate of drug-likeness (QED) is 0.164. The molecule has 6 nitrogen and oxygen atoms in total. The van der Waals surface area contributed by atoms with E-state index < -0.39 is 0 Å². The highest BCUT2D eigenvalue weighted by Crippen LogP contribution is 2.35. The summed E-state index contributed by atoms with van der Waals surface area (Å²) in [6.45, 7) is 0. The third-order valence-electron chi connectivity index (χ3n) is 9.39. The third kappa shape index (κ3) is 6.41. The van der Waals surface area contributed by atoms with Crippen LogP contribution in [0.3, 0.4) is 0 Å². The van der Waals surface area contributed by atoms with Gasteiger partial charge in [0.25, 0.3) is 0 Å². The van der Waals surface area contributed by atoms with Crippen LogP contribution in [0, 0.1) is 5.41 Å². The first-order valence-corrected chi connectivity index (χ1v) is 17.5. The Balaban J connectivity index is 1.16. The Bertz CT molecular complexity index is 2630. The molecule has 2 N–H and O–H groups in total. The maximum absolute atomic E-state index is 9.14. The highest BCUT2D eigenvalue weighted by atomic mass is 15.3. The Kier molecular flexibility index (Phi) is 8.23. The fourth-order valence-electron chi connectivity index (χ4n) is 6.72. The van der Waals surface area contributed by atoms with E-state index in [1.165, 1.54) is 0 Å². The van der Waals surface area contributed by atoms with Gasteiger partial charge < -0.3 is 0 Å². The van der Waals surface area contributed by atoms with Gasteiger partial charge in [-0.2, -0.15) is 5.10 Å². The van der Waals surface area contributed by atoms with E-state index in [-0.39, 0.29) is 0 Å². The number of anilines is 1. The smallest absolute Gasteiger partial charge is 0.164 e. The first-order valence-electron chi connectivity index (χ1n) is 17.5. The fraction of sp³-hybridized carbons (Fsp3) is 0. The lowest BCUT2D eigenvalue weighted by Gasteiger charge is -2.17. The predicted molar refractivity (Wildman–Crippen MR) is 218 cm³/mol. The van der Waals surface area contributed by atoms with Gasteiger partial charge in [0, 0.05) is 22.3 Å². The average molecular weight is 681 g/mol. The Morgan fingerprint density at radius 2 is 0.962 bits per heavy atom. The van der Waals surface area contributed by atoms with Crippen LogP contribution in [0.15, 0.2) is 181 Å². The van der Waals surface area contributed by atoms with Gasteiger partial charge in [0.15, 0.2) is 17.5 Å². The van der Waals surface area contributed by atoms with Gasteiger partial charge in [-0.05, 0) is 81.1 Å². The Morgan fingerprint density at radius 1 is 0.434 bits per heavy atom. The van der Waals surface area contributed by atoms with Gasteiger partial charge in [-0.3, -0.25) is 10.8 Å². The highest BCUT2D eigenvalue weighted by Gasteiger charge is 2.20. The molecule has 1 heterocycles. The lowest BCUT2D eigenvalue weighted by atomic mass is 9.89. The summed E-state index contributed by atoms with van der Waals surface area (Å²) in [5.74, 6) is 1.76. The molecule has 7 aromatic carbocycles. The van der Waals surface area contributed by atoms with E-state index in [4.69, 9.17) is 20.4 Å². The van der Waals surface area contributed by atoms with E-state index in [1.54, 1.807) is 0 Å². The zero-order chi connectivity index (χ0) is 35.6. The maximum Gasteiger partial charge on any atom is 0.164 e. The third-order valence-corrected chi connectivity index (χ3v) is 9.39. The van der Waals surface area contributed by atoms with Crippen LogP contribution in [-0.4, -0.2) is 26.4 Å². The Labute approximate surface area is 307 Å². The van der Waals surface area contributed by atoms with Crippen molar-refractivity contribution in [1.82, 2.24) is 15.0 Å². The molecular formula is C47H32N6. The van der Waals surface area contributed by atoms with E-state index in [0.717, 1.165) is 66.5 Å². The molecule has 1 aliphatic carbocycles. The minimum atomic E-state index is 0.366. The number of nitrogens with one attached hydrogen (secondary N) is 2. The zero-order valence-electron chi connectivity index (χ0n) is 28.6. The number of fused-ring (bicyclic) bond motifs is 3. The van der Waals surface area contributed by atoms with Gasteiger partial charge in [-0.15, -0.1) is 0 Å². The summed E-state index contributed by atoms with van der Waals surface area (Å²) in [7, 11) is 0. The van der Waals surface area contributed by atoms with Gasteiger partial charge in [-0.25, -0.2) is 15.0 Å². The normalized spacial score (nSPS) is 12.9. The van der Waals surface area contributed by atoms with E-state index in [9.17, 15) is 0 Å². The van der Waals surface area contributed by atoms with E-state index >= 15 is 0 Å². The molecule has 0 unspecified atom stereocenters. The second-order valence-electron chi connectivity index (χ2n) is 12.9. The molecular weight excluding hydrogens is 649 g/mol. The number of allylic oxidation sites excluding steroid dienone is 1.